The molecular weight excluding hydrogens is 188 g/mol. The first-order valence-electron chi connectivity index (χ1n) is 3.96. The van der Waals surface area contributed by atoms with E-state index in [1.165, 1.54) is 0 Å². The number of halogens is 1. The van der Waals surface area contributed by atoms with Gasteiger partial charge in [0.2, 0.25) is 0 Å². The van der Waals surface area contributed by atoms with E-state index in [2.05, 4.69) is 15.1 Å². The molecule has 0 bridgehead atoms. The molecule has 2 heterocycles. The number of fused-ring (bicyclic) bond motifs is 1. The maximum absolute atomic E-state index is 5.64. The minimum Gasteiger partial charge on any atom is -0.241 e. The fourth-order valence-electron chi connectivity index (χ4n) is 1.19. The summed E-state index contributed by atoms with van der Waals surface area (Å²) in [6, 6.07) is 0. The molecule has 4 nitrogen and oxygen atoms in total. The second-order valence-corrected chi connectivity index (χ2v) is 3.15. The lowest BCUT2D eigenvalue weighted by atomic mass is 10.4. The van der Waals surface area contributed by atoms with Gasteiger partial charge in [-0.05, 0) is 13.8 Å². The highest BCUT2D eigenvalue weighted by atomic mass is 35.5. The minimum atomic E-state index is 0.334. The third-order valence-corrected chi connectivity index (χ3v) is 2.11. The Morgan fingerprint density at radius 1 is 1.46 bits per heavy atom. The Bertz CT molecular complexity index is 410. The summed E-state index contributed by atoms with van der Waals surface area (Å²) in [6.07, 6.45) is 1.79. The largest absolute Gasteiger partial charge is 0.241 e. The molecule has 0 aliphatic rings. The van der Waals surface area contributed by atoms with Gasteiger partial charge in [0.05, 0.1) is 5.88 Å². The van der Waals surface area contributed by atoms with Crippen LogP contribution in [0, 0.1) is 13.8 Å². The van der Waals surface area contributed by atoms with Gasteiger partial charge in [0.15, 0.2) is 11.5 Å². The molecule has 0 N–H and O–H groups in total. The van der Waals surface area contributed by atoms with Crippen molar-refractivity contribution in [3.05, 3.63) is 23.4 Å². The summed E-state index contributed by atoms with van der Waals surface area (Å²) in [5, 5.41) is 4.20. The molecule has 0 amide bonds. The van der Waals surface area contributed by atoms with E-state index in [1.807, 2.05) is 13.8 Å². The van der Waals surface area contributed by atoms with E-state index in [4.69, 9.17) is 11.6 Å². The molecule has 2 rings (SSSR count). The van der Waals surface area contributed by atoms with Gasteiger partial charge in [-0.2, -0.15) is 4.52 Å². The molecule has 68 valence electrons. The third kappa shape index (κ3) is 1.27. The maximum atomic E-state index is 5.64. The summed E-state index contributed by atoms with van der Waals surface area (Å²) < 4.78 is 1.72. The van der Waals surface area contributed by atoms with Crippen molar-refractivity contribution in [3.63, 3.8) is 0 Å². The molecule has 0 fully saturated rings. The Kier molecular flexibility index (Phi) is 1.92. The van der Waals surface area contributed by atoms with Crippen LogP contribution in [0.3, 0.4) is 0 Å². The quantitative estimate of drug-likeness (QED) is 0.649. The predicted octanol–water partition coefficient (Wildman–Crippen LogP) is 1.48. The maximum Gasteiger partial charge on any atom is 0.166 e. The van der Waals surface area contributed by atoms with Crippen molar-refractivity contribution in [1.82, 2.24) is 19.6 Å². The molecule has 0 aromatic carbocycles. The number of aryl methyl sites for hydroxylation is 2. The van der Waals surface area contributed by atoms with Crippen LogP contribution >= 0.6 is 11.6 Å². The summed E-state index contributed by atoms with van der Waals surface area (Å²) in [5.74, 6) is 1.80. The van der Waals surface area contributed by atoms with Gasteiger partial charge < -0.3 is 0 Å². The molecule has 2 aromatic rings. The van der Waals surface area contributed by atoms with E-state index in [1.54, 1.807) is 10.7 Å². The Balaban J connectivity index is 2.80. The number of nitrogens with zero attached hydrogens (tertiary/aromatic N) is 4. The molecule has 0 aliphatic heterocycles. The van der Waals surface area contributed by atoms with Crippen molar-refractivity contribution >= 4 is 17.2 Å². The van der Waals surface area contributed by atoms with E-state index in [0.29, 0.717) is 11.7 Å². The first-order chi connectivity index (χ1) is 6.22. The van der Waals surface area contributed by atoms with Crippen molar-refractivity contribution in [2.45, 2.75) is 19.7 Å². The zero-order chi connectivity index (χ0) is 9.42. The van der Waals surface area contributed by atoms with Crippen molar-refractivity contribution in [3.8, 4) is 0 Å². The number of hydrogen-bond donors (Lipinski definition) is 0. The van der Waals surface area contributed by atoms with Crippen molar-refractivity contribution in [2.24, 2.45) is 0 Å². The topological polar surface area (TPSA) is 43.1 Å². The molecule has 0 saturated carbocycles. The molecular formula is C8H9ClN4. The van der Waals surface area contributed by atoms with Gasteiger partial charge in [-0.1, -0.05) is 0 Å². The number of rotatable bonds is 1. The fourth-order valence-corrected chi connectivity index (χ4v) is 1.31. The highest BCUT2D eigenvalue weighted by Crippen LogP contribution is 2.08. The SMILES string of the molecule is Cc1cnc(C)n2nc(CCl)nc12. The van der Waals surface area contributed by atoms with Gasteiger partial charge >= 0.3 is 0 Å². The number of hydrogen-bond acceptors (Lipinski definition) is 3. The van der Waals surface area contributed by atoms with Crippen LogP contribution in [-0.4, -0.2) is 19.6 Å². The minimum absolute atomic E-state index is 0.334. The molecule has 0 atom stereocenters. The standard InChI is InChI=1S/C8H9ClN4/c1-5-4-10-6(2)13-8(5)11-7(3-9)12-13/h4H,3H2,1-2H3. The van der Waals surface area contributed by atoms with Crippen molar-refractivity contribution in [1.29, 1.82) is 0 Å². The second kappa shape index (κ2) is 2.96. The first-order valence-corrected chi connectivity index (χ1v) is 4.49. The normalized spacial score (nSPS) is 11.0. The van der Waals surface area contributed by atoms with Crippen LogP contribution in [0.25, 0.3) is 5.65 Å². The van der Waals surface area contributed by atoms with Gasteiger partial charge in [0, 0.05) is 11.8 Å². The Morgan fingerprint density at radius 3 is 2.85 bits per heavy atom. The van der Waals surface area contributed by atoms with Gasteiger partial charge in [0.1, 0.15) is 5.82 Å². The lowest BCUT2D eigenvalue weighted by Crippen LogP contribution is -1.98. The van der Waals surface area contributed by atoms with E-state index < -0.39 is 0 Å². The van der Waals surface area contributed by atoms with E-state index >= 15 is 0 Å². The summed E-state index contributed by atoms with van der Waals surface area (Å²) in [4.78, 5) is 8.44. The van der Waals surface area contributed by atoms with Crippen LogP contribution in [-0.2, 0) is 5.88 Å². The fraction of sp³-hybridized carbons (Fsp3) is 0.375. The zero-order valence-corrected chi connectivity index (χ0v) is 8.21. The Hall–Kier alpha value is -1.16. The lowest BCUT2D eigenvalue weighted by Gasteiger charge is -1.97. The number of aromatic nitrogens is 4. The third-order valence-electron chi connectivity index (χ3n) is 1.87. The van der Waals surface area contributed by atoms with Crippen molar-refractivity contribution < 1.29 is 0 Å². The Morgan fingerprint density at radius 2 is 2.23 bits per heavy atom. The van der Waals surface area contributed by atoms with Crippen LogP contribution < -0.4 is 0 Å². The molecule has 0 spiro atoms. The molecule has 2 aromatic heterocycles. The number of alkyl halides is 1. The highest BCUT2D eigenvalue weighted by Gasteiger charge is 2.06. The summed E-state index contributed by atoms with van der Waals surface area (Å²) >= 11 is 5.64. The van der Waals surface area contributed by atoms with Crippen LogP contribution in [0.4, 0.5) is 0 Å². The monoisotopic (exact) mass is 196 g/mol. The molecule has 0 radical (unpaired) electrons. The smallest absolute Gasteiger partial charge is 0.166 e. The summed E-state index contributed by atoms with van der Waals surface area (Å²) in [6.45, 7) is 3.84. The second-order valence-electron chi connectivity index (χ2n) is 2.89. The van der Waals surface area contributed by atoms with Gasteiger partial charge in [-0.15, -0.1) is 16.7 Å². The van der Waals surface area contributed by atoms with E-state index in [-0.39, 0.29) is 0 Å². The molecule has 0 unspecified atom stereocenters. The summed E-state index contributed by atoms with van der Waals surface area (Å²) in [5.41, 5.74) is 1.85. The highest BCUT2D eigenvalue weighted by molar-refractivity contribution is 6.16. The molecule has 5 heteroatoms. The van der Waals surface area contributed by atoms with Crippen molar-refractivity contribution in [2.75, 3.05) is 0 Å². The predicted molar refractivity (Wildman–Crippen MR) is 49.8 cm³/mol. The Labute approximate surface area is 80.6 Å². The summed E-state index contributed by atoms with van der Waals surface area (Å²) in [7, 11) is 0. The molecule has 0 saturated heterocycles. The van der Waals surface area contributed by atoms with E-state index in [9.17, 15) is 0 Å². The average molecular weight is 197 g/mol. The first kappa shape index (κ1) is 8.44. The molecule has 0 aliphatic carbocycles. The van der Waals surface area contributed by atoms with E-state index in [0.717, 1.165) is 17.0 Å². The van der Waals surface area contributed by atoms with Crippen LogP contribution in [0.15, 0.2) is 6.20 Å². The molecule has 13 heavy (non-hydrogen) atoms. The van der Waals surface area contributed by atoms with Crippen LogP contribution in [0.5, 0.6) is 0 Å². The van der Waals surface area contributed by atoms with Gasteiger partial charge in [-0.3, -0.25) is 0 Å². The van der Waals surface area contributed by atoms with Crippen LogP contribution in [0.2, 0.25) is 0 Å². The lowest BCUT2D eigenvalue weighted by molar-refractivity contribution is 0.840. The van der Waals surface area contributed by atoms with Gasteiger partial charge in [0.25, 0.3) is 0 Å². The average Bonchev–Trinajstić information content (AvgIpc) is 2.56. The zero-order valence-electron chi connectivity index (χ0n) is 7.45. The van der Waals surface area contributed by atoms with Crippen LogP contribution in [0.1, 0.15) is 17.2 Å². The van der Waals surface area contributed by atoms with Gasteiger partial charge in [-0.25, -0.2) is 9.97 Å².